The Hall–Kier alpha value is -4.90. The van der Waals surface area contributed by atoms with Gasteiger partial charge in [0.15, 0.2) is 16.6 Å². The lowest BCUT2D eigenvalue weighted by Gasteiger charge is -2.29. The van der Waals surface area contributed by atoms with Crippen molar-refractivity contribution in [2.45, 2.75) is 20.0 Å². The molecule has 1 aliphatic heterocycles. The number of nitrogens with zero attached hydrogens (tertiary/aromatic N) is 2. The lowest BCUT2D eigenvalue weighted by molar-refractivity contribution is -0.384. The summed E-state index contributed by atoms with van der Waals surface area (Å²) >= 11 is 5.20. The molecule has 1 fully saturated rings. The smallest absolute Gasteiger partial charge is 0.270 e. The molecule has 0 aliphatic carbocycles. The number of allylic oxidation sites excluding steroid dienone is 1. The van der Waals surface area contributed by atoms with Gasteiger partial charge in [0.05, 0.1) is 17.2 Å². The van der Waals surface area contributed by atoms with Crippen LogP contribution in [0.3, 0.4) is 0 Å². The molecule has 0 saturated carbocycles. The lowest BCUT2D eigenvalue weighted by Crippen LogP contribution is -2.54. The van der Waals surface area contributed by atoms with Gasteiger partial charge in [-0.05, 0) is 91.3 Å². The molecule has 0 bridgehead atoms. The summed E-state index contributed by atoms with van der Waals surface area (Å²) in [7, 11) is 0. The number of hydrogen-bond donors (Lipinski definition) is 1. The lowest BCUT2D eigenvalue weighted by atomic mass is 10.0. The zero-order valence-electron chi connectivity index (χ0n) is 21.4. The minimum atomic E-state index is -0.671. The van der Waals surface area contributed by atoms with Gasteiger partial charge in [-0.3, -0.25) is 29.9 Å². The van der Waals surface area contributed by atoms with Crippen LogP contribution in [0.15, 0.2) is 78.9 Å². The molecule has 0 spiro atoms. The largest absolute Gasteiger partial charge is 0.490 e. The number of nitro groups is 1. The van der Waals surface area contributed by atoms with Crippen LogP contribution < -0.4 is 19.7 Å². The van der Waals surface area contributed by atoms with Crippen molar-refractivity contribution in [3.05, 3.63) is 112 Å². The average molecular weight is 562 g/mol. The highest BCUT2D eigenvalue weighted by Crippen LogP contribution is 2.36. The Labute approximate surface area is 234 Å². The third-order valence-electron chi connectivity index (χ3n) is 5.85. The normalized spacial score (nSPS) is 14.2. The topological polar surface area (TPSA) is 111 Å². The van der Waals surface area contributed by atoms with Crippen LogP contribution >= 0.6 is 12.2 Å². The molecule has 1 heterocycles. The zero-order valence-corrected chi connectivity index (χ0v) is 22.2. The molecule has 2 amide bonds. The Kier molecular flexibility index (Phi) is 8.65. The van der Waals surface area contributed by atoms with Gasteiger partial charge in [0, 0.05) is 17.7 Å². The van der Waals surface area contributed by atoms with Crippen LogP contribution in [-0.4, -0.2) is 28.5 Å². The number of thiocarbonyl (C=S) groups is 1. The van der Waals surface area contributed by atoms with E-state index in [9.17, 15) is 24.1 Å². The summed E-state index contributed by atoms with van der Waals surface area (Å²) < 4.78 is 25.3. The first-order valence-electron chi connectivity index (χ1n) is 12.2. The van der Waals surface area contributed by atoms with Gasteiger partial charge in [0.2, 0.25) is 0 Å². The number of non-ortho nitro benzene ring substituents is 1. The second-order valence-electron chi connectivity index (χ2n) is 8.58. The first kappa shape index (κ1) is 28.1. The van der Waals surface area contributed by atoms with E-state index in [2.05, 4.69) is 11.9 Å². The Morgan fingerprint density at radius 3 is 2.42 bits per heavy atom. The second kappa shape index (κ2) is 12.3. The van der Waals surface area contributed by atoms with Crippen LogP contribution in [-0.2, 0) is 22.6 Å². The molecule has 11 heteroatoms. The van der Waals surface area contributed by atoms with Crippen molar-refractivity contribution in [3.8, 4) is 11.5 Å². The maximum atomic E-state index is 13.4. The number of anilines is 1. The van der Waals surface area contributed by atoms with Crippen LogP contribution in [0.1, 0.15) is 23.6 Å². The van der Waals surface area contributed by atoms with Crippen molar-refractivity contribution < 1.29 is 28.4 Å². The van der Waals surface area contributed by atoms with Gasteiger partial charge in [0.1, 0.15) is 18.0 Å². The highest BCUT2D eigenvalue weighted by Gasteiger charge is 2.34. The molecule has 4 rings (SSSR count). The molecule has 40 heavy (non-hydrogen) atoms. The van der Waals surface area contributed by atoms with Crippen LogP contribution in [0.25, 0.3) is 6.08 Å². The van der Waals surface area contributed by atoms with Gasteiger partial charge in [-0.1, -0.05) is 6.08 Å². The molecule has 0 unspecified atom stereocenters. The first-order chi connectivity index (χ1) is 19.2. The minimum absolute atomic E-state index is 0.0245. The van der Waals surface area contributed by atoms with E-state index in [-0.39, 0.29) is 23.0 Å². The van der Waals surface area contributed by atoms with Crippen molar-refractivity contribution in [2.24, 2.45) is 0 Å². The SMILES string of the molecule is C=CCc1cc(C=C2C(=O)NC(=S)N(c3ccc(F)cc3)C2=O)cc(OCC)c1OCc1ccc([N+](=O)[O-])cc1. The van der Waals surface area contributed by atoms with E-state index in [1.165, 1.54) is 42.5 Å². The van der Waals surface area contributed by atoms with E-state index >= 15 is 0 Å². The van der Waals surface area contributed by atoms with Crippen LogP contribution in [0.2, 0.25) is 0 Å². The molecule has 1 aliphatic rings. The number of carbonyl (C=O) groups excluding carboxylic acids is 2. The van der Waals surface area contributed by atoms with Gasteiger partial charge in [-0.25, -0.2) is 4.39 Å². The van der Waals surface area contributed by atoms with Crippen LogP contribution in [0, 0.1) is 15.9 Å². The second-order valence-corrected chi connectivity index (χ2v) is 8.97. The Balaban J connectivity index is 1.69. The maximum Gasteiger partial charge on any atom is 0.270 e. The van der Waals surface area contributed by atoms with Crippen molar-refractivity contribution in [1.29, 1.82) is 0 Å². The highest BCUT2D eigenvalue weighted by molar-refractivity contribution is 7.80. The van der Waals surface area contributed by atoms with E-state index in [0.717, 1.165) is 4.90 Å². The molecule has 9 nitrogen and oxygen atoms in total. The van der Waals surface area contributed by atoms with Crippen molar-refractivity contribution in [1.82, 2.24) is 5.32 Å². The fourth-order valence-electron chi connectivity index (χ4n) is 4.02. The molecule has 204 valence electrons. The van der Waals surface area contributed by atoms with E-state index < -0.39 is 22.6 Å². The van der Waals surface area contributed by atoms with Crippen molar-refractivity contribution in [2.75, 3.05) is 11.5 Å². The third-order valence-corrected chi connectivity index (χ3v) is 6.13. The van der Waals surface area contributed by atoms with Gasteiger partial charge in [0.25, 0.3) is 17.5 Å². The van der Waals surface area contributed by atoms with E-state index in [1.54, 1.807) is 37.3 Å². The van der Waals surface area contributed by atoms with Crippen LogP contribution in [0.4, 0.5) is 15.8 Å². The molecule has 3 aromatic rings. The summed E-state index contributed by atoms with van der Waals surface area (Å²) in [6.07, 6.45) is 3.48. The molecule has 0 radical (unpaired) electrons. The van der Waals surface area contributed by atoms with Gasteiger partial charge >= 0.3 is 0 Å². The number of nitro benzene ring substituents is 1. The number of nitrogens with one attached hydrogen (secondary N) is 1. The van der Waals surface area contributed by atoms with E-state index in [1.807, 2.05) is 0 Å². The fourth-order valence-corrected chi connectivity index (χ4v) is 4.30. The summed E-state index contributed by atoms with van der Waals surface area (Å²) in [6, 6.07) is 14.6. The molecule has 0 atom stereocenters. The van der Waals surface area contributed by atoms with E-state index in [0.29, 0.717) is 46.9 Å². The molecule has 1 N–H and O–H groups in total. The van der Waals surface area contributed by atoms with Gasteiger partial charge in [-0.15, -0.1) is 6.58 Å². The number of halogens is 1. The summed E-state index contributed by atoms with van der Waals surface area (Å²) in [4.78, 5) is 37.7. The summed E-state index contributed by atoms with van der Waals surface area (Å²) in [5.74, 6) is -0.994. The quantitative estimate of drug-likeness (QED) is 0.0896. The molecular weight excluding hydrogens is 537 g/mol. The number of rotatable bonds is 10. The number of carbonyl (C=O) groups is 2. The Bertz CT molecular complexity index is 1520. The predicted molar refractivity (Wildman–Crippen MR) is 152 cm³/mol. The average Bonchev–Trinajstić information content (AvgIpc) is 2.92. The predicted octanol–water partition coefficient (Wildman–Crippen LogP) is 5.27. The van der Waals surface area contributed by atoms with Gasteiger partial charge in [-0.2, -0.15) is 0 Å². The Morgan fingerprint density at radius 2 is 1.80 bits per heavy atom. The van der Waals surface area contributed by atoms with E-state index in [4.69, 9.17) is 21.7 Å². The van der Waals surface area contributed by atoms with Gasteiger partial charge < -0.3 is 9.47 Å². The number of benzene rings is 3. The minimum Gasteiger partial charge on any atom is -0.490 e. The van der Waals surface area contributed by atoms with Crippen LogP contribution in [0.5, 0.6) is 11.5 Å². The summed E-state index contributed by atoms with van der Waals surface area (Å²) in [5.41, 5.74) is 2.00. The summed E-state index contributed by atoms with van der Waals surface area (Å²) in [5, 5.41) is 13.3. The molecule has 1 saturated heterocycles. The maximum absolute atomic E-state index is 13.4. The first-order valence-corrected chi connectivity index (χ1v) is 12.6. The fraction of sp³-hybridized carbons (Fsp3) is 0.138. The monoisotopic (exact) mass is 561 g/mol. The number of amides is 2. The highest BCUT2D eigenvalue weighted by atomic mass is 32.1. The number of ether oxygens (including phenoxy) is 2. The molecule has 3 aromatic carbocycles. The molecular formula is C29H24FN3O6S. The third kappa shape index (κ3) is 6.21. The van der Waals surface area contributed by atoms with Crippen molar-refractivity contribution in [3.63, 3.8) is 0 Å². The Morgan fingerprint density at radius 1 is 1.10 bits per heavy atom. The van der Waals surface area contributed by atoms with Crippen molar-refractivity contribution >= 4 is 46.6 Å². The standard InChI is InChI=1S/C29H24FN3O6S/c1-3-5-20-14-19(15-24-27(34)31-29(40)32(28(24)35)22-12-8-21(30)9-13-22)16-25(38-4-2)26(20)39-17-18-6-10-23(11-7-18)33(36)37/h3,6-16H,1,4-5,17H2,2H3,(H,31,34,40). The summed E-state index contributed by atoms with van der Waals surface area (Å²) in [6.45, 7) is 6.04. The number of hydrogen-bond acceptors (Lipinski definition) is 7. The zero-order chi connectivity index (χ0) is 28.8. The molecule has 0 aromatic heterocycles.